The van der Waals surface area contributed by atoms with E-state index in [1.165, 1.54) is 32.1 Å². The lowest BCUT2D eigenvalue weighted by Crippen LogP contribution is -2.26. The average molecular weight is 314 g/mol. The van der Waals surface area contributed by atoms with Crippen molar-refractivity contribution in [3.8, 4) is 0 Å². The SMILES string of the molecule is C1CCc2nnc(C3CCCN3c3nc(C4CC4)no3)n2CC1. The van der Waals surface area contributed by atoms with E-state index < -0.39 is 0 Å². The van der Waals surface area contributed by atoms with Crippen LogP contribution in [0.15, 0.2) is 4.52 Å². The van der Waals surface area contributed by atoms with Gasteiger partial charge >= 0.3 is 6.01 Å². The number of aryl methyl sites for hydroxylation is 1. The molecule has 2 aromatic heterocycles. The summed E-state index contributed by atoms with van der Waals surface area (Å²) in [6, 6.07) is 0.891. The molecule has 0 bridgehead atoms. The van der Waals surface area contributed by atoms with Crippen molar-refractivity contribution in [3.05, 3.63) is 17.5 Å². The van der Waals surface area contributed by atoms with Crippen molar-refractivity contribution in [3.63, 3.8) is 0 Å². The van der Waals surface area contributed by atoms with Gasteiger partial charge in [-0.05, 0) is 38.5 Å². The highest BCUT2D eigenvalue weighted by Gasteiger charge is 2.36. The minimum absolute atomic E-state index is 0.224. The van der Waals surface area contributed by atoms with Crippen molar-refractivity contribution in [2.45, 2.75) is 69.9 Å². The van der Waals surface area contributed by atoms with Crippen LogP contribution in [0.5, 0.6) is 0 Å². The lowest BCUT2D eigenvalue weighted by molar-refractivity contribution is 0.400. The highest BCUT2D eigenvalue weighted by molar-refractivity contribution is 5.33. The molecular formula is C16H22N6O. The van der Waals surface area contributed by atoms with Gasteiger partial charge in [-0.3, -0.25) is 0 Å². The van der Waals surface area contributed by atoms with Gasteiger partial charge in [-0.2, -0.15) is 4.98 Å². The number of hydrogen-bond donors (Lipinski definition) is 0. The summed E-state index contributed by atoms with van der Waals surface area (Å²) in [7, 11) is 0. The van der Waals surface area contributed by atoms with Gasteiger partial charge in [0.15, 0.2) is 11.6 Å². The van der Waals surface area contributed by atoms with Crippen molar-refractivity contribution < 1.29 is 4.52 Å². The summed E-state index contributed by atoms with van der Waals surface area (Å²) in [6.45, 7) is 2.00. The van der Waals surface area contributed by atoms with E-state index in [0.29, 0.717) is 11.9 Å². The molecule has 4 heterocycles. The number of hydrogen-bond acceptors (Lipinski definition) is 6. The van der Waals surface area contributed by atoms with Crippen LogP contribution in [0, 0.1) is 0 Å². The van der Waals surface area contributed by atoms with E-state index in [9.17, 15) is 0 Å². The average Bonchev–Trinajstić information content (AvgIpc) is 3.01. The van der Waals surface area contributed by atoms with E-state index in [2.05, 4.69) is 29.8 Å². The van der Waals surface area contributed by atoms with Crippen LogP contribution in [-0.2, 0) is 13.0 Å². The predicted octanol–water partition coefficient (Wildman–Crippen LogP) is 2.61. The first-order chi connectivity index (χ1) is 11.4. The minimum atomic E-state index is 0.224. The third kappa shape index (κ3) is 2.33. The molecule has 0 spiro atoms. The van der Waals surface area contributed by atoms with Crippen molar-refractivity contribution >= 4 is 6.01 Å². The molecule has 1 unspecified atom stereocenters. The quantitative estimate of drug-likeness (QED) is 0.867. The molecule has 0 amide bonds. The second-order valence-corrected chi connectivity index (χ2v) is 7.00. The maximum Gasteiger partial charge on any atom is 0.324 e. The van der Waals surface area contributed by atoms with Crippen LogP contribution in [0.25, 0.3) is 0 Å². The Hall–Kier alpha value is -1.92. The Kier molecular flexibility index (Phi) is 3.12. The zero-order valence-corrected chi connectivity index (χ0v) is 13.3. The van der Waals surface area contributed by atoms with Gasteiger partial charge in [0, 0.05) is 25.4 Å². The molecule has 0 N–H and O–H groups in total. The number of rotatable bonds is 3. The summed E-state index contributed by atoms with van der Waals surface area (Å²) < 4.78 is 7.90. The molecule has 23 heavy (non-hydrogen) atoms. The monoisotopic (exact) mass is 314 g/mol. The van der Waals surface area contributed by atoms with E-state index in [0.717, 1.165) is 49.8 Å². The van der Waals surface area contributed by atoms with E-state index in [1.807, 2.05) is 0 Å². The van der Waals surface area contributed by atoms with Gasteiger partial charge < -0.3 is 14.0 Å². The summed E-state index contributed by atoms with van der Waals surface area (Å²) >= 11 is 0. The molecule has 122 valence electrons. The molecule has 1 saturated carbocycles. The van der Waals surface area contributed by atoms with Gasteiger partial charge in [0.25, 0.3) is 0 Å². The van der Waals surface area contributed by atoms with Gasteiger partial charge in [0.2, 0.25) is 0 Å². The summed E-state index contributed by atoms with van der Waals surface area (Å²) in [5.74, 6) is 3.64. The maximum absolute atomic E-state index is 5.55. The predicted molar refractivity (Wildman–Crippen MR) is 83.2 cm³/mol. The summed E-state index contributed by atoms with van der Waals surface area (Å²) in [5, 5.41) is 13.2. The molecule has 7 heteroatoms. The van der Waals surface area contributed by atoms with E-state index >= 15 is 0 Å². The van der Waals surface area contributed by atoms with Gasteiger partial charge in [0.05, 0.1) is 6.04 Å². The second kappa shape index (κ2) is 5.32. The van der Waals surface area contributed by atoms with Crippen molar-refractivity contribution in [1.82, 2.24) is 24.9 Å². The van der Waals surface area contributed by atoms with Gasteiger partial charge in [-0.15, -0.1) is 10.2 Å². The zero-order valence-electron chi connectivity index (χ0n) is 13.3. The highest BCUT2D eigenvalue weighted by atomic mass is 16.5. The third-order valence-electron chi connectivity index (χ3n) is 5.31. The number of aromatic nitrogens is 5. The van der Waals surface area contributed by atoms with Gasteiger partial charge in [-0.25, -0.2) is 0 Å². The fraction of sp³-hybridized carbons (Fsp3) is 0.750. The van der Waals surface area contributed by atoms with Crippen LogP contribution < -0.4 is 4.90 Å². The third-order valence-corrected chi connectivity index (χ3v) is 5.31. The molecule has 1 saturated heterocycles. The molecule has 5 rings (SSSR count). The van der Waals surface area contributed by atoms with E-state index in [4.69, 9.17) is 4.52 Å². The Morgan fingerprint density at radius 1 is 0.957 bits per heavy atom. The highest BCUT2D eigenvalue weighted by Crippen LogP contribution is 2.40. The molecule has 0 radical (unpaired) electrons. The normalized spacial score (nSPS) is 24.7. The molecule has 2 aliphatic heterocycles. The largest absolute Gasteiger partial charge is 0.324 e. The molecule has 1 aliphatic carbocycles. The molecule has 0 aromatic carbocycles. The van der Waals surface area contributed by atoms with Crippen LogP contribution in [0.4, 0.5) is 6.01 Å². The fourth-order valence-corrected chi connectivity index (χ4v) is 3.87. The van der Waals surface area contributed by atoms with E-state index in [-0.39, 0.29) is 6.04 Å². The molecule has 1 atom stereocenters. The summed E-state index contributed by atoms with van der Waals surface area (Å²) in [5.41, 5.74) is 0. The summed E-state index contributed by atoms with van der Waals surface area (Å²) in [4.78, 5) is 6.87. The molecule has 3 aliphatic rings. The molecule has 7 nitrogen and oxygen atoms in total. The van der Waals surface area contributed by atoms with E-state index in [1.54, 1.807) is 0 Å². The van der Waals surface area contributed by atoms with Crippen LogP contribution in [0.3, 0.4) is 0 Å². The van der Waals surface area contributed by atoms with Crippen molar-refractivity contribution in [1.29, 1.82) is 0 Å². The second-order valence-electron chi connectivity index (χ2n) is 7.00. The Morgan fingerprint density at radius 2 is 1.91 bits per heavy atom. The van der Waals surface area contributed by atoms with Gasteiger partial charge in [0.1, 0.15) is 5.82 Å². The minimum Gasteiger partial charge on any atom is -0.315 e. The van der Waals surface area contributed by atoms with Crippen LogP contribution >= 0.6 is 0 Å². The fourth-order valence-electron chi connectivity index (χ4n) is 3.87. The Balaban J connectivity index is 1.45. The molecule has 2 fully saturated rings. The van der Waals surface area contributed by atoms with Crippen LogP contribution in [-0.4, -0.2) is 31.4 Å². The van der Waals surface area contributed by atoms with Crippen molar-refractivity contribution in [2.24, 2.45) is 0 Å². The topological polar surface area (TPSA) is 72.9 Å². The first-order valence-corrected chi connectivity index (χ1v) is 8.92. The smallest absolute Gasteiger partial charge is 0.315 e. The number of fused-ring (bicyclic) bond motifs is 1. The number of anilines is 1. The Bertz CT molecular complexity index is 703. The first-order valence-electron chi connectivity index (χ1n) is 8.92. The first kappa shape index (κ1) is 13.5. The standard InChI is InChI=1S/C16H22N6O/c1-2-6-13-18-19-15(22(13)9-3-1)12-5-4-10-21(12)16-17-14(20-23-16)11-7-8-11/h11-12H,1-10H2. The Morgan fingerprint density at radius 3 is 2.83 bits per heavy atom. The summed E-state index contributed by atoms with van der Waals surface area (Å²) in [6.07, 6.45) is 9.38. The van der Waals surface area contributed by atoms with Crippen molar-refractivity contribution in [2.75, 3.05) is 11.4 Å². The zero-order chi connectivity index (χ0) is 15.2. The van der Waals surface area contributed by atoms with Gasteiger partial charge in [-0.1, -0.05) is 11.6 Å². The maximum atomic E-state index is 5.55. The molecule has 2 aromatic rings. The lowest BCUT2D eigenvalue weighted by Gasteiger charge is -2.22. The number of nitrogens with zero attached hydrogens (tertiary/aromatic N) is 6. The lowest BCUT2D eigenvalue weighted by atomic mass is 10.2. The van der Waals surface area contributed by atoms with Crippen LogP contribution in [0.2, 0.25) is 0 Å². The Labute approximate surface area is 135 Å². The van der Waals surface area contributed by atoms with Crippen LogP contribution in [0.1, 0.15) is 74.4 Å². The molecular weight excluding hydrogens is 292 g/mol.